The molecule has 0 radical (unpaired) electrons. The minimum atomic E-state index is 0.625. The molecule has 0 saturated heterocycles. The molecule has 6 heteroatoms. The molecule has 4 aromatic heterocycles. The lowest BCUT2D eigenvalue weighted by molar-refractivity contribution is 0.667. The first-order valence-corrected chi connectivity index (χ1v) is 21.1. The van der Waals surface area contributed by atoms with E-state index in [1.165, 1.54) is 39.9 Å². The van der Waals surface area contributed by atoms with Crippen LogP contribution < -0.4 is 0 Å². The predicted octanol–water partition coefficient (Wildman–Crippen LogP) is 14.3. The van der Waals surface area contributed by atoms with Gasteiger partial charge in [0.1, 0.15) is 11.2 Å². The zero-order valence-corrected chi connectivity index (χ0v) is 33.6. The Morgan fingerprint density at radius 2 is 0.951 bits per heavy atom. The molecule has 6 nitrogen and oxygen atoms in total. The largest absolute Gasteiger partial charge is 0.456 e. The van der Waals surface area contributed by atoms with Crippen molar-refractivity contribution in [1.82, 2.24) is 24.1 Å². The van der Waals surface area contributed by atoms with Crippen LogP contribution in [0.3, 0.4) is 0 Å². The third-order valence-corrected chi connectivity index (χ3v) is 12.1. The van der Waals surface area contributed by atoms with E-state index in [1.807, 2.05) is 60.7 Å². The average molecular weight is 786 g/mol. The fourth-order valence-corrected chi connectivity index (χ4v) is 9.19. The number of rotatable bonds is 8. The van der Waals surface area contributed by atoms with Crippen LogP contribution in [0.15, 0.2) is 186 Å². The zero-order chi connectivity index (χ0) is 40.4. The summed E-state index contributed by atoms with van der Waals surface area (Å²) >= 11 is 0. The summed E-state index contributed by atoms with van der Waals surface area (Å²) < 4.78 is 11.2. The summed E-state index contributed by atoms with van der Waals surface area (Å²) in [6.07, 6.45) is 3.42. The van der Waals surface area contributed by atoms with Crippen molar-refractivity contribution < 1.29 is 4.42 Å². The maximum atomic E-state index is 6.44. The Hall–Kier alpha value is -7.83. The molecular formula is C55H39N5O. The van der Waals surface area contributed by atoms with Crippen LogP contribution in [0, 0.1) is 0 Å². The molecule has 0 saturated carbocycles. The fourth-order valence-electron chi connectivity index (χ4n) is 9.19. The van der Waals surface area contributed by atoms with E-state index in [2.05, 4.69) is 137 Å². The molecule has 0 N–H and O–H groups in total. The van der Waals surface area contributed by atoms with E-state index in [0.29, 0.717) is 17.5 Å². The van der Waals surface area contributed by atoms with Crippen LogP contribution in [-0.4, -0.2) is 24.1 Å². The van der Waals surface area contributed by atoms with Crippen molar-refractivity contribution in [1.29, 1.82) is 0 Å². The number of para-hydroxylation sites is 2. The van der Waals surface area contributed by atoms with E-state index in [0.717, 1.165) is 78.5 Å². The van der Waals surface area contributed by atoms with Gasteiger partial charge in [0.25, 0.3) is 0 Å². The number of aromatic nitrogens is 5. The van der Waals surface area contributed by atoms with Gasteiger partial charge in [-0.25, -0.2) is 15.0 Å². The molecule has 0 aliphatic carbocycles. The van der Waals surface area contributed by atoms with Crippen LogP contribution in [0.5, 0.6) is 0 Å². The number of fused-ring (bicyclic) bond motifs is 9. The minimum absolute atomic E-state index is 0.625. The number of aryl methyl sites for hydroxylation is 1. The van der Waals surface area contributed by atoms with E-state index in [-0.39, 0.29) is 0 Å². The van der Waals surface area contributed by atoms with E-state index < -0.39 is 0 Å². The molecule has 0 aliphatic heterocycles. The van der Waals surface area contributed by atoms with Gasteiger partial charge in [0.05, 0.1) is 22.1 Å². The number of furan rings is 1. The summed E-state index contributed by atoms with van der Waals surface area (Å²) in [5.74, 6) is 1.91. The van der Waals surface area contributed by atoms with Gasteiger partial charge >= 0.3 is 0 Å². The molecule has 12 rings (SSSR count). The van der Waals surface area contributed by atoms with Crippen LogP contribution in [0.4, 0.5) is 0 Å². The Morgan fingerprint density at radius 1 is 0.393 bits per heavy atom. The maximum absolute atomic E-state index is 6.44. The molecule has 0 fully saturated rings. The average Bonchev–Trinajstić information content (AvgIpc) is 3.97. The van der Waals surface area contributed by atoms with Gasteiger partial charge in [-0.2, -0.15) is 0 Å². The first-order valence-electron chi connectivity index (χ1n) is 21.1. The summed E-state index contributed by atoms with van der Waals surface area (Å²) in [5.41, 5.74) is 12.7. The van der Waals surface area contributed by atoms with E-state index in [1.54, 1.807) is 0 Å². The van der Waals surface area contributed by atoms with E-state index in [9.17, 15) is 0 Å². The monoisotopic (exact) mass is 785 g/mol. The summed E-state index contributed by atoms with van der Waals surface area (Å²) in [4.78, 5) is 15.1. The van der Waals surface area contributed by atoms with Crippen molar-refractivity contribution in [2.24, 2.45) is 0 Å². The van der Waals surface area contributed by atoms with Gasteiger partial charge in [0.2, 0.25) is 0 Å². The second kappa shape index (κ2) is 14.2. The Kier molecular flexibility index (Phi) is 8.17. The molecule has 0 bridgehead atoms. The molecule has 0 amide bonds. The molecule has 290 valence electrons. The molecule has 0 spiro atoms. The zero-order valence-electron chi connectivity index (χ0n) is 33.6. The lowest BCUT2D eigenvalue weighted by atomic mass is 10.1. The first-order chi connectivity index (χ1) is 30.2. The number of unbranched alkanes of at least 4 members (excludes halogenated alkanes) is 1. The predicted molar refractivity (Wildman–Crippen MR) is 251 cm³/mol. The Bertz CT molecular complexity index is 3580. The number of benzene rings is 8. The molecule has 4 heterocycles. The van der Waals surface area contributed by atoms with Gasteiger partial charge in [0, 0.05) is 60.4 Å². The third kappa shape index (κ3) is 5.82. The van der Waals surface area contributed by atoms with Gasteiger partial charge < -0.3 is 13.6 Å². The molecule has 0 unspecified atom stereocenters. The molecule has 0 aliphatic rings. The smallest absolute Gasteiger partial charge is 0.164 e. The quantitative estimate of drug-likeness (QED) is 0.154. The van der Waals surface area contributed by atoms with Crippen LogP contribution in [0.25, 0.3) is 111 Å². The molecule has 8 aromatic carbocycles. The van der Waals surface area contributed by atoms with Crippen molar-refractivity contribution in [3.8, 4) is 45.5 Å². The Morgan fingerprint density at radius 3 is 1.57 bits per heavy atom. The summed E-state index contributed by atoms with van der Waals surface area (Å²) in [6.45, 7) is 2.24. The number of hydrogen-bond acceptors (Lipinski definition) is 4. The van der Waals surface area contributed by atoms with Crippen LogP contribution in [0.1, 0.15) is 25.3 Å². The standard InChI is InChI=1S/C55H39N5O/c1-2-3-15-35-26-28-43-46-32-40(27-29-51(46)61-52(43)30-35)60-48-25-13-11-23-42(48)45-33-49-44(34-50(45)60)41-22-10-12-24-47(41)59(49)39-21-14-20-38(31-39)55-57-53(36-16-6-4-7-17-36)56-54(58-55)37-18-8-5-9-19-37/h4-14,16-34H,2-3,15H2,1H3. The van der Waals surface area contributed by atoms with E-state index >= 15 is 0 Å². The second-order valence-electron chi connectivity index (χ2n) is 15.9. The van der Waals surface area contributed by atoms with Crippen LogP contribution in [0.2, 0.25) is 0 Å². The van der Waals surface area contributed by atoms with Gasteiger partial charge in [0.15, 0.2) is 17.5 Å². The highest BCUT2D eigenvalue weighted by Crippen LogP contribution is 2.41. The third-order valence-electron chi connectivity index (χ3n) is 12.1. The van der Waals surface area contributed by atoms with Crippen LogP contribution in [-0.2, 0) is 6.42 Å². The topological polar surface area (TPSA) is 61.7 Å². The lowest BCUT2D eigenvalue weighted by Gasteiger charge is -2.12. The highest BCUT2D eigenvalue weighted by molar-refractivity contribution is 6.19. The Balaban J connectivity index is 1.04. The summed E-state index contributed by atoms with van der Waals surface area (Å²) in [7, 11) is 0. The highest BCUT2D eigenvalue weighted by Gasteiger charge is 2.20. The SMILES string of the molecule is CCCCc1ccc2c(c1)oc1ccc(-n3c4ccccc4c4cc5c(cc43)c3ccccc3n5-c3cccc(-c4nc(-c5ccccc5)nc(-c5ccccc5)n4)c3)cc12. The van der Waals surface area contributed by atoms with Gasteiger partial charge in [-0.1, -0.05) is 135 Å². The highest BCUT2D eigenvalue weighted by atomic mass is 16.3. The second-order valence-corrected chi connectivity index (χ2v) is 15.9. The van der Waals surface area contributed by atoms with Gasteiger partial charge in [-0.15, -0.1) is 0 Å². The Labute approximate surface area is 352 Å². The van der Waals surface area contributed by atoms with Crippen molar-refractivity contribution in [3.05, 3.63) is 188 Å². The van der Waals surface area contributed by atoms with Gasteiger partial charge in [-0.3, -0.25) is 0 Å². The van der Waals surface area contributed by atoms with Crippen molar-refractivity contribution in [2.75, 3.05) is 0 Å². The van der Waals surface area contributed by atoms with Gasteiger partial charge in [-0.05, 0) is 79.1 Å². The van der Waals surface area contributed by atoms with Crippen LogP contribution >= 0.6 is 0 Å². The van der Waals surface area contributed by atoms with Crippen molar-refractivity contribution in [2.45, 2.75) is 26.2 Å². The molecular weight excluding hydrogens is 747 g/mol. The lowest BCUT2D eigenvalue weighted by Crippen LogP contribution is -2.01. The number of hydrogen-bond donors (Lipinski definition) is 0. The number of nitrogens with zero attached hydrogens (tertiary/aromatic N) is 5. The molecule has 0 atom stereocenters. The normalized spacial score (nSPS) is 11.9. The fraction of sp³-hybridized carbons (Fsp3) is 0.0727. The maximum Gasteiger partial charge on any atom is 0.164 e. The summed E-state index contributed by atoms with van der Waals surface area (Å²) in [6, 6.07) is 64.4. The van der Waals surface area contributed by atoms with Crippen molar-refractivity contribution >= 4 is 65.6 Å². The van der Waals surface area contributed by atoms with E-state index in [4.69, 9.17) is 19.4 Å². The summed E-state index contributed by atoms with van der Waals surface area (Å²) in [5, 5.41) is 7.05. The first kappa shape index (κ1) is 35.1. The molecule has 12 aromatic rings. The van der Waals surface area contributed by atoms with Crippen molar-refractivity contribution in [3.63, 3.8) is 0 Å². The molecule has 61 heavy (non-hydrogen) atoms. The minimum Gasteiger partial charge on any atom is -0.456 e.